The predicted molar refractivity (Wildman–Crippen MR) is 55.2 cm³/mol. The van der Waals surface area contributed by atoms with Crippen LogP contribution in [-0.4, -0.2) is 16.6 Å². The van der Waals surface area contributed by atoms with Crippen LogP contribution in [-0.2, 0) is 6.42 Å². The first-order valence-electron chi connectivity index (χ1n) is 5.63. The van der Waals surface area contributed by atoms with Gasteiger partial charge in [0.25, 0.3) is 0 Å². The van der Waals surface area contributed by atoms with Gasteiger partial charge in [-0.3, -0.25) is 0 Å². The Morgan fingerprint density at radius 3 is 3.00 bits per heavy atom. The van der Waals surface area contributed by atoms with Gasteiger partial charge in [0.2, 0.25) is 0 Å². The van der Waals surface area contributed by atoms with Gasteiger partial charge in [-0.25, -0.2) is 4.98 Å². The van der Waals surface area contributed by atoms with Crippen molar-refractivity contribution in [1.82, 2.24) is 14.9 Å². The summed E-state index contributed by atoms with van der Waals surface area (Å²) in [5.41, 5.74) is 2.81. The Morgan fingerprint density at radius 1 is 1.43 bits per heavy atom. The van der Waals surface area contributed by atoms with Gasteiger partial charge in [0.15, 0.2) is 0 Å². The Labute approximate surface area is 84.5 Å². The van der Waals surface area contributed by atoms with E-state index in [1.165, 1.54) is 43.5 Å². The van der Waals surface area contributed by atoms with Gasteiger partial charge in [-0.2, -0.15) is 0 Å². The third-order valence-electron chi connectivity index (χ3n) is 3.44. The molecule has 1 aromatic heterocycles. The van der Waals surface area contributed by atoms with Crippen molar-refractivity contribution < 1.29 is 0 Å². The number of nitrogens with one attached hydrogen (secondary N) is 1. The Balaban J connectivity index is 2.02. The van der Waals surface area contributed by atoms with Gasteiger partial charge in [-0.1, -0.05) is 0 Å². The van der Waals surface area contributed by atoms with Crippen molar-refractivity contribution in [2.45, 2.75) is 44.2 Å². The van der Waals surface area contributed by atoms with Gasteiger partial charge in [0.1, 0.15) is 0 Å². The summed E-state index contributed by atoms with van der Waals surface area (Å²) in [7, 11) is 2.06. The molecule has 1 unspecified atom stereocenters. The molecule has 1 heterocycles. The summed E-state index contributed by atoms with van der Waals surface area (Å²) >= 11 is 0. The first-order valence-corrected chi connectivity index (χ1v) is 5.63. The molecule has 76 valence electrons. The number of rotatable bonds is 2. The summed E-state index contributed by atoms with van der Waals surface area (Å²) in [4.78, 5) is 4.54. The second kappa shape index (κ2) is 3.09. The zero-order chi connectivity index (χ0) is 9.54. The lowest BCUT2D eigenvalue weighted by molar-refractivity contribution is 0.460. The highest BCUT2D eigenvalue weighted by molar-refractivity contribution is 5.22. The lowest BCUT2D eigenvalue weighted by Crippen LogP contribution is -2.24. The molecule has 2 aliphatic rings. The molecule has 3 nitrogen and oxygen atoms in total. The fourth-order valence-corrected chi connectivity index (χ4v) is 2.52. The quantitative estimate of drug-likeness (QED) is 0.772. The maximum absolute atomic E-state index is 4.54. The predicted octanol–water partition coefficient (Wildman–Crippen LogP) is 1.81. The Morgan fingerprint density at radius 2 is 2.29 bits per heavy atom. The lowest BCUT2D eigenvalue weighted by atomic mass is 9.96. The standard InChI is InChI=1S/C11H17N3/c1-12-9-3-2-4-10-11(9)14(7-13-10)8-5-6-8/h7-9,12H,2-6H2,1H3. The second-order valence-corrected chi connectivity index (χ2v) is 4.45. The highest BCUT2D eigenvalue weighted by atomic mass is 15.1. The number of imidazole rings is 1. The monoisotopic (exact) mass is 191 g/mol. The first-order chi connectivity index (χ1) is 6.90. The number of aryl methyl sites for hydroxylation is 1. The van der Waals surface area contributed by atoms with Crippen molar-refractivity contribution in [3.63, 3.8) is 0 Å². The van der Waals surface area contributed by atoms with Crippen LogP contribution in [0.5, 0.6) is 0 Å². The smallest absolute Gasteiger partial charge is 0.0954 e. The van der Waals surface area contributed by atoms with E-state index in [-0.39, 0.29) is 0 Å². The zero-order valence-electron chi connectivity index (χ0n) is 8.66. The molecular weight excluding hydrogens is 174 g/mol. The summed E-state index contributed by atoms with van der Waals surface area (Å²) in [6.07, 6.45) is 8.46. The van der Waals surface area contributed by atoms with Gasteiger partial charge < -0.3 is 9.88 Å². The van der Waals surface area contributed by atoms with E-state index in [1.807, 2.05) is 0 Å². The molecule has 0 saturated heterocycles. The number of nitrogens with zero attached hydrogens (tertiary/aromatic N) is 2. The Kier molecular flexibility index (Phi) is 1.87. The van der Waals surface area contributed by atoms with Crippen molar-refractivity contribution in [3.05, 3.63) is 17.7 Å². The van der Waals surface area contributed by atoms with Gasteiger partial charge in [-0.05, 0) is 39.2 Å². The Hall–Kier alpha value is -0.830. The van der Waals surface area contributed by atoms with Gasteiger partial charge in [0, 0.05) is 12.1 Å². The van der Waals surface area contributed by atoms with E-state index >= 15 is 0 Å². The molecular formula is C11H17N3. The maximum Gasteiger partial charge on any atom is 0.0954 e. The average molecular weight is 191 g/mol. The normalized spacial score (nSPS) is 26.2. The van der Waals surface area contributed by atoms with E-state index in [2.05, 4.69) is 28.2 Å². The minimum absolute atomic E-state index is 0.543. The van der Waals surface area contributed by atoms with Gasteiger partial charge >= 0.3 is 0 Å². The minimum atomic E-state index is 0.543. The summed E-state index contributed by atoms with van der Waals surface area (Å²) in [5, 5.41) is 3.41. The van der Waals surface area contributed by atoms with Crippen LogP contribution in [0.15, 0.2) is 6.33 Å². The maximum atomic E-state index is 4.54. The van der Waals surface area contributed by atoms with E-state index in [1.54, 1.807) is 0 Å². The molecule has 0 amide bonds. The molecule has 1 fully saturated rings. The van der Waals surface area contributed by atoms with E-state index < -0.39 is 0 Å². The summed E-state index contributed by atoms with van der Waals surface area (Å²) in [6.45, 7) is 0. The van der Waals surface area contributed by atoms with Gasteiger partial charge in [-0.15, -0.1) is 0 Å². The molecule has 2 aliphatic carbocycles. The van der Waals surface area contributed by atoms with Crippen LogP contribution < -0.4 is 5.32 Å². The van der Waals surface area contributed by atoms with Crippen molar-refractivity contribution in [2.75, 3.05) is 7.05 Å². The van der Waals surface area contributed by atoms with Crippen LogP contribution in [0.3, 0.4) is 0 Å². The minimum Gasteiger partial charge on any atom is -0.330 e. The van der Waals surface area contributed by atoms with Crippen molar-refractivity contribution >= 4 is 0 Å². The fraction of sp³-hybridized carbons (Fsp3) is 0.727. The van der Waals surface area contributed by atoms with Crippen molar-refractivity contribution in [3.8, 4) is 0 Å². The Bertz CT molecular complexity index is 338. The molecule has 0 aromatic carbocycles. The summed E-state index contributed by atoms with van der Waals surface area (Å²) in [5.74, 6) is 0. The molecule has 0 bridgehead atoms. The number of fused-ring (bicyclic) bond motifs is 1. The highest BCUT2D eigenvalue weighted by Gasteiger charge is 2.31. The van der Waals surface area contributed by atoms with E-state index in [4.69, 9.17) is 0 Å². The third kappa shape index (κ3) is 1.19. The van der Waals surface area contributed by atoms with E-state index in [9.17, 15) is 0 Å². The molecule has 1 N–H and O–H groups in total. The van der Waals surface area contributed by atoms with Crippen LogP contribution >= 0.6 is 0 Å². The summed E-state index contributed by atoms with van der Waals surface area (Å²) in [6, 6.07) is 1.31. The fourth-order valence-electron chi connectivity index (χ4n) is 2.52. The highest BCUT2D eigenvalue weighted by Crippen LogP contribution is 2.40. The van der Waals surface area contributed by atoms with Crippen LogP contribution in [0.25, 0.3) is 0 Å². The van der Waals surface area contributed by atoms with Crippen LogP contribution in [0, 0.1) is 0 Å². The molecule has 3 heteroatoms. The van der Waals surface area contributed by atoms with Crippen molar-refractivity contribution in [1.29, 1.82) is 0 Å². The molecule has 1 saturated carbocycles. The SMILES string of the molecule is CNC1CCCc2ncn(C3CC3)c21. The second-order valence-electron chi connectivity index (χ2n) is 4.45. The third-order valence-corrected chi connectivity index (χ3v) is 3.44. The molecule has 1 atom stereocenters. The molecule has 0 radical (unpaired) electrons. The molecule has 1 aromatic rings. The molecule has 14 heavy (non-hydrogen) atoms. The number of aromatic nitrogens is 2. The van der Waals surface area contributed by atoms with E-state index in [0.717, 1.165) is 6.04 Å². The van der Waals surface area contributed by atoms with Crippen LogP contribution in [0.4, 0.5) is 0 Å². The molecule has 0 spiro atoms. The van der Waals surface area contributed by atoms with Crippen molar-refractivity contribution in [2.24, 2.45) is 0 Å². The van der Waals surface area contributed by atoms with Gasteiger partial charge in [0.05, 0.1) is 17.7 Å². The molecule has 0 aliphatic heterocycles. The van der Waals surface area contributed by atoms with Crippen LogP contribution in [0.2, 0.25) is 0 Å². The average Bonchev–Trinajstić information content (AvgIpc) is 2.97. The van der Waals surface area contributed by atoms with E-state index in [0.29, 0.717) is 6.04 Å². The largest absolute Gasteiger partial charge is 0.330 e. The number of hydrogen-bond acceptors (Lipinski definition) is 2. The summed E-state index contributed by atoms with van der Waals surface area (Å²) < 4.78 is 2.41. The topological polar surface area (TPSA) is 29.9 Å². The molecule has 3 rings (SSSR count). The zero-order valence-corrected chi connectivity index (χ0v) is 8.66. The lowest BCUT2D eigenvalue weighted by Gasteiger charge is -2.23. The first kappa shape index (κ1) is 8.48. The number of hydrogen-bond donors (Lipinski definition) is 1. The van der Waals surface area contributed by atoms with Crippen LogP contribution in [0.1, 0.15) is 49.2 Å².